The van der Waals surface area contributed by atoms with E-state index in [4.69, 9.17) is 4.74 Å². The molecule has 82 valence electrons. The minimum absolute atomic E-state index is 0.0325. The number of ether oxygens (including phenoxy) is 1. The molecular formula is C10H5F2NO3. The average Bonchev–Trinajstić information content (AvgIpc) is 2.28. The second-order valence-corrected chi connectivity index (χ2v) is 3.07. The number of halogens is 2. The van der Waals surface area contributed by atoms with Gasteiger partial charge in [-0.05, 0) is 0 Å². The van der Waals surface area contributed by atoms with Crippen molar-refractivity contribution >= 4 is 17.9 Å². The van der Waals surface area contributed by atoms with Gasteiger partial charge in [0, 0.05) is 6.07 Å². The molecule has 0 aliphatic carbocycles. The summed E-state index contributed by atoms with van der Waals surface area (Å²) >= 11 is 0. The van der Waals surface area contributed by atoms with Gasteiger partial charge in [0.2, 0.25) is 0 Å². The summed E-state index contributed by atoms with van der Waals surface area (Å²) in [5.41, 5.74) is -0.700. The van der Waals surface area contributed by atoms with Crippen molar-refractivity contribution in [2.45, 2.75) is 0 Å². The molecule has 2 rings (SSSR count). The van der Waals surface area contributed by atoms with E-state index in [0.717, 1.165) is 6.07 Å². The molecule has 1 aromatic rings. The number of benzene rings is 1. The molecular weight excluding hydrogens is 220 g/mol. The Hall–Kier alpha value is -2.20. The minimum Gasteiger partial charge on any atom is -0.481 e. The SMILES string of the molecule is O=C=C1COc2c(cc(F)c(C=O)c2F)N1. The largest absolute Gasteiger partial charge is 0.481 e. The zero-order chi connectivity index (χ0) is 11.7. The minimum atomic E-state index is -1.08. The number of anilines is 1. The van der Waals surface area contributed by atoms with Gasteiger partial charge in [-0.15, -0.1) is 0 Å². The summed E-state index contributed by atoms with van der Waals surface area (Å²) in [7, 11) is 0. The lowest BCUT2D eigenvalue weighted by Crippen LogP contribution is -2.19. The van der Waals surface area contributed by atoms with Crippen molar-refractivity contribution in [2.24, 2.45) is 0 Å². The van der Waals surface area contributed by atoms with Crippen molar-refractivity contribution in [3.8, 4) is 5.75 Å². The van der Waals surface area contributed by atoms with Gasteiger partial charge in [-0.3, -0.25) is 4.79 Å². The first-order chi connectivity index (χ1) is 7.67. The van der Waals surface area contributed by atoms with Crippen LogP contribution < -0.4 is 10.1 Å². The number of hydrogen-bond acceptors (Lipinski definition) is 4. The Morgan fingerprint density at radius 3 is 2.88 bits per heavy atom. The van der Waals surface area contributed by atoms with E-state index in [0.29, 0.717) is 0 Å². The van der Waals surface area contributed by atoms with Gasteiger partial charge in [0.05, 0.1) is 11.3 Å². The fourth-order valence-electron chi connectivity index (χ4n) is 1.36. The molecule has 0 unspecified atom stereocenters. The predicted molar refractivity (Wildman–Crippen MR) is 50.1 cm³/mol. The summed E-state index contributed by atoms with van der Waals surface area (Å²) in [5.74, 6) is -0.847. The molecule has 0 saturated heterocycles. The van der Waals surface area contributed by atoms with E-state index < -0.39 is 17.2 Å². The number of carbonyl (C=O) groups is 1. The smallest absolute Gasteiger partial charge is 0.180 e. The van der Waals surface area contributed by atoms with Crippen molar-refractivity contribution in [2.75, 3.05) is 11.9 Å². The molecule has 1 aromatic carbocycles. The lowest BCUT2D eigenvalue weighted by atomic mass is 10.1. The van der Waals surface area contributed by atoms with Crippen molar-refractivity contribution in [3.05, 3.63) is 29.0 Å². The van der Waals surface area contributed by atoms with E-state index in [2.05, 4.69) is 5.32 Å². The van der Waals surface area contributed by atoms with Gasteiger partial charge in [-0.2, -0.15) is 0 Å². The van der Waals surface area contributed by atoms with E-state index in [-0.39, 0.29) is 30.0 Å². The zero-order valence-corrected chi connectivity index (χ0v) is 7.84. The topological polar surface area (TPSA) is 55.4 Å². The number of fused-ring (bicyclic) bond motifs is 1. The van der Waals surface area contributed by atoms with E-state index in [1.807, 2.05) is 0 Å². The fraction of sp³-hybridized carbons (Fsp3) is 0.100. The van der Waals surface area contributed by atoms with Gasteiger partial charge in [-0.25, -0.2) is 13.6 Å². The van der Waals surface area contributed by atoms with Crippen LogP contribution in [0.4, 0.5) is 14.5 Å². The van der Waals surface area contributed by atoms with Crippen molar-refractivity contribution in [1.82, 2.24) is 0 Å². The molecule has 6 heteroatoms. The van der Waals surface area contributed by atoms with Gasteiger partial charge in [0.1, 0.15) is 24.1 Å². The Morgan fingerprint density at radius 2 is 2.25 bits per heavy atom. The van der Waals surface area contributed by atoms with Crippen molar-refractivity contribution < 1.29 is 23.1 Å². The fourth-order valence-corrected chi connectivity index (χ4v) is 1.36. The molecule has 1 aliphatic heterocycles. The third kappa shape index (κ3) is 1.45. The molecule has 0 saturated carbocycles. The Bertz CT molecular complexity index is 521. The Labute approximate surface area is 88.5 Å². The van der Waals surface area contributed by atoms with Crippen molar-refractivity contribution in [3.63, 3.8) is 0 Å². The molecule has 0 atom stereocenters. The van der Waals surface area contributed by atoms with Gasteiger partial charge >= 0.3 is 0 Å². The number of aldehydes is 1. The summed E-state index contributed by atoms with van der Waals surface area (Å²) in [6, 6.07) is 0.888. The second kappa shape index (κ2) is 3.75. The van der Waals surface area contributed by atoms with Crippen LogP contribution in [0.3, 0.4) is 0 Å². The highest BCUT2D eigenvalue weighted by Crippen LogP contribution is 2.35. The Morgan fingerprint density at radius 1 is 1.50 bits per heavy atom. The maximum Gasteiger partial charge on any atom is 0.180 e. The Balaban J connectivity index is 2.61. The van der Waals surface area contributed by atoms with E-state index in [1.165, 1.54) is 5.94 Å². The second-order valence-electron chi connectivity index (χ2n) is 3.07. The predicted octanol–water partition coefficient (Wildman–Crippen LogP) is 1.30. The van der Waals surface area contributed by atoms with Crippen LogP contribution in [0.15, 0.2) is 11.8 Å². The standard InChI is InChI=1S/C10H5F2NO3/c11-7-1-8-10(9(12)6(7)3-15)16-4-5(2-14)13-8/h1,3,13H,4H2. The monoisotopic (exact) mass is 225 g/mol. The third-order valence-corrected chi connectivity index (χ3v) is 2.10. The quantitative estimate of drug-likeness (QED) is 0.578. The van der Waals surface area contributed by atoms with Gasteiger partial charge in [0.25, 0.3) is 0 Å². The van der Waals surface area contributed by atoms with E-state index in [9.17, 15) is 18.4 Å². The number of carbonyl (C=O) groups excluding carboxylic acids is 2. The molecule has 1 N–H and O–H groups in total. The first-order valence-electron chi connectivity index (χ1n) is 4.28. The van der Waals surface area contributed by atoms with Crippen LogP contribution in [0.5, 0.6) is 5.75 Å². The van der Waals surface area contributed by atoms with Crippen LogP contribution in [0.1, 0.15) is 10.4 Å². The van der Waals surface area contributed by atoms with Crippen LogP contribution in [0.2, 0.25) is 0 Å². The van der Waals surface area contributed by atoms with Gasteiger partial charge in [-0.1, -0.05) is 0 Å². The third-order valence-electron chi connectivity index (χ3n) is 2.10. The summed E-state index contributed by atoms with van der Waals surface area (Å²) < 4.78 is 31.6. The summed E-state index contributed by atoms with van der Waals surface area (Å²) in [6.45, 7) is -0.197. The van der Waals surface area contributed by atoms with E-state index >= 15 is 0 Å². The maximum atomic E-state index is 13.5. The molecule has 0 fully saturated rings. The highest BCUT2D eigenvalue weighted by Gasteiger charge is 2.23. The molecule has 16 heavy (non-hydrogen) atoms. The number of nitrogens with one attached hydrogen (secondary N) is 1. The summed E-state index contributed by atoms with van der Waals surface area (Å²) in [5, 5.41) is 2.45. The van der Waals surface area contributed by atoms with Gasteiger partial charge < -0.3 is 10.1 Å². The molecule has 0 spiro atoms. The van der Waals surface area contributed by atoms with Crippen LogP contribution in [-0.4, -0.2) is 18.8 Å². The number of rotatable bonds is 1. The van der Waals surface area contributed by atoms with Crippen LogP contribution in [-0.2, 0) is 4.79 Å². The molecule has 0 bridgehead atoms. The molecule has 0 radical (unpaired) electrons. The summed E-state index contributed by atoms with van der Waals surface area (Å²) in [4.78, 5) is 20.7. The first-order valence-corrected chi connectivity index (χ1v) is 4.28. The molecule has 1 heterocycles. The average molecular weight is 225 g/mol. The highest BCUT2D eigenvalue weighted by atomic mass is 19.1. The van der Waals surface area contributed by atoms with Crippen molar-refractivity contribution in [1.29, 1.82) is 0 Å². The maximum absolute atomic E-state index is 13.5. The molecule has 0 aromatic heterocycles. The Kier molecular flexibility index (Phi) is 2.42. The normalized spacial score (nSPS) is 13.2. The highest BCUT2D eigenvalue weighted by molar-refractivity contribution is 5.80. The lowest BCUT2D eigenvalue weighted by Gasteiger charge is -2.20. The van der Waals surface area contributed by atoms with Crippen LogP contribution >= 0.6 is 0 Å². The first kappa shape index (κ1) is 10.3. The summed E-state index contributed by atoms with van der Waals surface area (Å²) in [6.07, 6.45) is 0.0688. The van der Waals surface area contributed by atoms with Crippen LogP contribution in [0, 0.1) is 11.6 Å². The van der Waals surface area contributed by atoms with E-state index in [1.54, 1.807) is 0 Å². The zero-order valence-electron chi connectivity index (χ0n) is 7.84. The van der Waals surface area contributed by atoms with Crippen LogP contribution in [0.25, 0.3) is 0 Å². The molecule has 0 amide bonds. The molecule has 4 nitrogen and oxygen atoms in total. The van der Waals surface area contributed by atoms with Gasteiger partial charge in [0.15, 0.2) is 17.9 Å². The molecule has 1 aliphatic rings. The lowest BCUT2D eigenvalue weighted by molar-refractivity contribution is 0.111. The number of hydrogen-bond donors (Lipinski definition) is 1.